The van der Waals surface area contributed by atoms with E-state index in [4.69, 9.17) is 14.2 Å². The van der Waals surface area contributed by atoms with Crippen LogP contribution in [-0.4, -0.2) is 48.2 Å². The Bertz CT molecular complexity index is 977. The number of methoxy groups -OCH3 is 1. The molecular weight excluding hydrogens is 396 g/mol. The van der Waals surface area contributed by atoms with Gasteiger partial charge in [-0.15, -0.1) is 0 Å². The third-order valence-corrected chi connectivity index (χ3v) is 5.94. The summed E-state index contributed by atoms with van der Waals surface area (Å²) in [6.07, 6.45) is 0.731. The first-order valence-corrected chi connectivity index (χ1v) is 10.7. The molecule has 2 aromatic rings. The highest BCUT2D eigenvalue weighted by atomic mass is 32.2. The number of carbonyl (C=O) groups excluding carboxylic acids is 1. The normalized spacial score (nSPS) is 13.4. The van der Waals surface area contributed by atoms with Gasteiger partial charge in [0.05, 0.1) is 30.9 Å². The number of benzene rings is 2. The number of anilines is 1. The van der Waals surface area contributed by atoms with Crippen molar-refractivity contribution >= 4 is 21.6 Å². The van der Waals surface area contributed by atoms with Crippen molar-refractivity contribution < 1.29 is 27.4 Å². The van der Waals surface area contributed by atoms with Crippen molar-refractivity contribution in [1.82, 2.24) is 4.72 Å². The van der Waals surface area contributed by atoms with E-state index in [0.717, 1.165) is 6.42 Å². The Kier molecular flexibility index (Phi) is 6.60. The Morgan fingerprint density at radius 1 is 1.14 bits per heavy atom. The highest BCUT2D eigenvalue weighted by Gasteiger charge is 2.20. The summed E-state index contributed by atoms with van der Waals surface area (Å²) in [5, 5.41) is 0. The Hall–Kier alpha value is -2.78. The van der Waals surface area contributed by atoms with Crippen molar-refractivity contribution in [3.05, 3.63) is 42.5 Å². The van der Waals surface area contributed by atoms with Crippen LogP contribution in [-0.2, 0) is 14.8 Å². The number of amides is 1. The summed E-state index contributed by atoms with van der Waals surface area (Å²) in [5.41, 5.74) is 0.616. The lowest BCUT2D eigenvalue weighted by Crippen LogP contribution is -2.32. The standard InChI is InChI=1S/C20H24N2O6S/c1-22(16-6-3-4-7-17(16)26-2)20(23)10-11-21-29(24,25)15-8-9-18-19(14-15)28-13-5-12-27-18/h3-4,6-9,14,21H,5,10-13H2,1-2H3. The van der Waals surface area contributed by atoms with Gasteiger partial charge in [-0.3, -0.25) is 4.79 Å². The number of hydrogen-bond donors (Lipinski definition) is 1. The third-order valence-electron chi connectivity index (χ3n) is 4.48. The summed E-state index contributed by atoms with van der Waals surface area (Å²) < 4.78 is 43.9. The number of sulfonamides is 1. The number of hydrogen-bond acceptors (Lipinski definition) is 6. The molecule has 156 valence electrons. The minimum Gasteiger partial charge on any atom is -0.495 e. The number of fused-ring (bicyclic) bond motifs is 1. The maximum absolute atomic E-state index is 12.6. The van der Waals surface area contributed by atoms with Gasteiger partial charge in [0.1, 0.15) is 5.75 Å². The Balaban J connectivity index is 1.62. The molecule has 0 spiro atoms. The number of rotatable bonds is 7. The van der Waals surface area contributed by atoms with E-state index in [1.165, 1.54) is 24.1 Å². The molecule has 0 atom stereocenters. The zero-order valence-corrected chi connectivity index (χ0v) is 17.2. The first-order valence-electron chi connectivity index (χ1n) is 9.21. The monoisotopic (exact) mass is 420 g/mol. The molecule has 1 aliphatic rings. The summed E-state index contributed by atoms with van der Waals surface area (Å²) in [6.45, 7) is 0.960. The summed E-state index contributed by atoms with van der Waals surface area (Å²) >= 11 is 0. The van der Waals surface area contributed by atoms with Crippen LogP contribution in [0.15, 0.2) is 47.4 Å². The van der Waals surface area contributed by atoms with Crippen LogP contribution in [0.1, 0.15) is 12.8 Å². The Labute approximate surface area is 170 Å². The molecule has 9 heteroatoms. The molecule has 1 heterocycles. The van der Waals surface area contributed by atoms with Gasteiger partial charge in [-0.05, 0) is 24.3 Å². The van der Waals surface area contributed by atoms with Crippen LogP contribution in [0.25, 0.3) is 0 Å². The van der Waals surface area contributed by atoms with E-state index >= 15 is 0 Å². The molecule has 0 aliphatic carbocycles. The molecule has 0 aromatic heterocycles. The van der Waals surface area contributed by atoms with Crippen LogP contribution in [0.2, 0.25) is 0 Å². The molecule has 1 N–H and O–H groups in total. The van der Waals surface area contributed by atoms with Crippen LogP contribution >= 0.6 is 0 Å². The van der Waals surface area contributed by atoms with Crippen molar-refractivity contribution in [1.29, 1.82) is 0 Å². The van der Waals surface area contributed by atoms with Crippen LogP contribution in [0.5, 0.6) is 17.2 Å². The molecule has 0 unspecified atom stereocenters. The van der Waals surface area contributed by atoms with Crippen molar-refractivity contribution in [3.8, 4) is 17.2 Å². The molecule has 0 radical (unpaired) electrons. The number of nitrogens with one attached hydrogen (secondary N) is 1. The van der Waals surface area contributed by atoms with E-state index in [1.54, 1.807) is 31.3 Å². The van der Waals surface area contributed by atoms with E-state index in [-0.39, 0.29) is 23.8 Å². The van der Waals surface area contributed by atoms with Gasteiger partial charge in [-0.2, -0.15) is 0 Å². The number of ether oxygens (including phenoxy) is 3. The number of nitrogens with zero attached hydrogens (tertiary/aromatic N) is 1. The smallest absolute Gasteiger partial charge is 0.240 e. The van der Waals surface area contributed by atoms with Crippen LogP contribution in [0.3, 0.4) is 0 Å². The maximum Gasteiger partial charge on any atom is 0.240 e. The van der Waals surface area contributed by atoms with E-state index in [1.807, 2.05) is 6.07 Å². The average molecular weight is 420 g/mol. The lowest BCUT2D eigenvalue weighted by molar-refractivity contribution is -0.118. The molecule has 0 bridgehead atoms. The first-order chi connectivity index (χ1) is 13.9. The predicted octanol–water partition coefficient (Wildman–Crippen LogP) is 2.19. The number of para-hydroxylation sites is 2. The topological polar surface area (TPSA) is 94.2 Å². The van der Waals surface area contributed by atoms with E-state index < -0.39 is 10.0 Å². The molecule has 0 fully saturated rings. The van der Waals surface area contributed by atoms with Gasteiger partial charge in [0, 0.05) is 32.5 Å². The van der Waals surface area contributed by atoms with Crippen molar-refractivity contribution in [2.24, 2.45) is 0 Å². The third kappa shape index (κ3) is 4.99. The van der Waals surface area contributed by atoms with Gasteiger partial charge in [-0.1, -0.05) is 12.1 Å². The highest BCUT2D eigenvalue weighted by Crippen LogP contribution is 2.32. The van der Waals surface area contributed by atoms with Crippen LogP contribution < -0.4 is 23.8 Å². The van der Waals surface area contributed by atoms with Gasteiger partial charge in [0.15, 0.2) is 11.5 Å². The summed E-state index contributed by atoms with van der Waals surface area (Å²) in [4.78, 5) is 14.0. The molecule has 0 saturated heterocycles. The quantitative estimate of drug-likeness (QED) is 0.738. The van der Waals surface area contributed by atoms with Crippen molar-refractivity contribution in [2.75, 3.05) is 38.8 Å². The second-order valence-electron chi connectivity index (χ2n) is 6.43. The second-order valence-corrected chi connectivity index (χ2v) is 8.20. The SMILES string of the molecule is COc1ccccc1N(C)C(=O)CCNS(=O)(=O)c1ccc2c(c1)OCCCO2. The van der Waals surface area contributed by atoms with Gasteiger partial charge in [0.2, 0.25) is 15.9 Å². The predicted molar refractivity (Wildman–Crippen MR) is 108 cm³/mol. The van der Waals surface area contributed by atoms with Crippen molar-refractivity contribution in [2.45, 2.75) is 17.7 Å². The maximum atomic E-state index is 12.6. The fourth-order valence-corrected chi connectivity index (χ4v) is 3.94. The molecule has 0 saturated carbocycles. The molecular formula is C20H24N2O6S. The summed E-state index contributed by atoms with van der Waals surface area (Å²) in [6, 6.07) is 11.6. The van der Waals surface area contributed by atoms with Gasteiger partial charge >= 0.3 is 0 Å². The highest BCUT2D eigenvalue weighted by molar-refractivity contribution is 7.89. The first kappa shape index (κ1) is 20.9. The van der Waals surface area contributed by atoms with E-state index in [2.05, 4.69) is 4.72 Å². The zero-order chi connectivity index (χ0) is 20.9. The van der Waals surface area contributed by atoms with Gasteiger partial charge in [0.25, 0.3) is 0 Å². The summed E-state index contributed by atoms with van der Waals surface area (Å²) in [7, 11) is -0.634. The fourth-order valence-electron chi connectivity index (χ4n) is 2.90. The largest absolute Gasteiger partial charge is 0.495 e. The molecule has 3 rings (SSSR count). The zero-order valence-electron chi connectivity index (χ0n) is 16.4. The molecule has 1 amide bonds. The lowest BCUT2D eigenvalue weighted by atomic mass is 10.2. The molecule has 8 nitrogen and oxygen atoms in total. The Morgan fingerprint density at radius 3 is 2.62 bits per heavy atom. The Morgan fingerprint density at radius 2 is 1.86 bits per heavy atom. The molecule has 2 aromatic carbocycles. The molecule has 1 aliphatic heterocycles. The van der Waals surface area contributed by atoms with Crippen molar-refractivity contribution in [3.63, 3.8) is 0 Å². The lowest BCUT2D eigenvalue weighted by Gasteiger charge is -2.20. The van der Waals surface area contributed by atoms with Gasteiger partial charge < -0.3 is 19.1 Å². The minimum absolute atomic E-state index is 0.00166. The minimum atomic E-state index is -3.79. The fraction of sp³-hybridized carbons (Fsp3) is 0.350. The van der Waals surface area contributed by atoms with Crippen LogP contribution in [0.4, 0.5) is 5.69 Å². The van der Waals surface area contributed by atoms with Gasteiger partial charge in [-0.25, -0.2) is 13.1 Å². The molecule has 29 heavy (non-hydrogen) atoms. The second kappa shape index (κ2) is 9.15. The van der Waals surface area contributed by atoms with E-state index in [0.29, 0.717) is 36.1 Å². The number of carbonyl (C=O) groups is 1. The van der Waals surface area contributed by atoms with E-state index in [9.17, 15) is 13.2 Å². The van der Waals surface area contributed by atoms with Crippen LogP contribution in [0, 0.1) is 0 Å². The average Bonchev–Trinajstić information content (AvgIpc) is 2.97. The summed E-state index contributed by atoms with van der Waals surface area (Å²) in [5.74, 6) is 1.25.